The fourth-order valence-electron chi connectivity index (χ4n) is 5.34. The number of ether oxygens (including phenoxy) is 2. The van der Waals surface area contributed by atoms with Gasteiger partial charge in [-0.15, -0.1) is 0 Å². The molecule has 2 saturated heterocycles. The Balaban J connectivity index is 1.80. The van der Waals surface area contributed by atoms with Crippen molar-refractivity contribution in [3.8, 4) is 0 Å². The van der Waals surface area contributed by atoms with Gasteiger partial charge in [-0.1, -0.05) is 24.3 Å². The number of aliphatic hydroxyl groups is 1. The molecule has 0 aromatic carbocycles. The van der Waals surface area contributed by atoms with Crippen LogP contribution >= 0.6 is 0 Å². The number of amides is 2. The highest BCUT2D eigenvalue weighted by Gasteiger charge is 2.71. The summed E-state index contributed by atoms with van der Waals surface area (Å²) in [6.45, 7) is 6.90. The summed E-state index contributed by atoms with van der Waals surface area (Å²) in [7, 11) is 0. The van der Waals surface area contributed by atoms with Crippen LogP contribution in [0.2, 0.25) is 0 Å². The molecule has 170 valence electrons. The molecule has 8 heteroatoms. The zero-order chi connectivity index (χ0) is 22.4. The van der Waals surface area contributed by atoms with Crippen LogP contribution in [0.4, 0.5) is 0 Å². The molecular weight excluding hydrogens is 400 g/mol. The van der Waals surface area contributed by atoms with Gasteiger partial charge in [0, 0.05) is 25.2 Å². The maximum atomic E-state index is 13.9. The first-order valence-electron chi connectivity index (χ1n) is 11.1. The van der Waals surface area contributed by atoms with E-state index in [0.717, 1.165) is 0 Å². The molecule has 4 rings (SSSR count). The second-order valence-corrected chi connectivity index (χ2v) is 9.71. The first-order valence-corrected chi connectivity index (χ1v) is 11.1. The molecule has 4 aliphatic heterocycles. The van der Waals surface area contributed by atoms with Gasteiger partial charge in [0.25, 0.3) is 0 Å². The lowest BCUT2D eigenvalue weighted by molar-refractivity contribution is -0.155. The zero-order valence-electron chi connectivity index (χ0n) is 18.5. The van der Waals surface area contributed by atoms with Crippen LogP contribution in [0.15, 0.2) is 24.3 Å². The number of unbranched alkanes of at least 4 members (excludes halogenated alkanes) is 1. The summed E-state index contributed by atoms with van der Waals surface area (Å²) < 4.78 is 11.9. The van der Waals surface area contributed by atoms with Gasteiger partial charge < -0.3 is 24.4 Å². The lowest BCUT2D eigenvalue weighted by Gasteiger charge is -2.40. The summed E-state index contributed by atoms with van der Waals surface area (Å²) in [5, 5.41) is 9.21. The fourth-order valence-corrected chi connectivity index (χ4v) is 5.34. The number of esters is 1. The van der Waals surface area contributed by atoms with Crippen molar-refractivity contribution in [1.29, 1.82) is 0 Å². The highest BCUT2D eigenvalue weighted by Crippen LogP contribution is 2.53. The third kappa shape index (κ3) is 3.49. The zero-order valence-corrected chi connectivity index (χ0v) is 18.5. The number of hydrogen-bond donors (Lipinski definition) is 1. The number of nitrogens with zero attached hydrogens (tertiary/aromatic N) is 2. The van der Waals surface area contributed by atoms with E-state index in [2.05, 4.69) is 0 Å². The van der Waals surface area contributed by atoms with E-state index >= 15 is 0 Å². The van der Waals surface area contributed by atoms with Gasteiger partial charge in [-0.2, -0.15) is 0 Å². The molecule has 5 atom stereocenters. The number of carbonyl (C=O) groups excluding carboxylic acids is 3. The number of aliphatic hydroxyl groups excluding tert-OH is 1. The first kappa shape index (κ1) is 22.0. The lowest BCUT2D eigenvalue weighted by Crippen LogP contribution is -2.58. The predicted octanol–water partition coefficient (Wildman–Crippen LogP) is 1.04. The van der Waals surface area contributed by atoms with Crippen molar-refractivity contribution >= 4 is 17.8 Å². The van der Waals surface area contributed by atoms with E-state index in [9.17, 15) is 19.5 Å². The number of hydrogen-bond acceptors (Lipinski definition) is 6. The molecule has 1 unspecified atom stereocenters. The van der Waals surface area contributed by atoms with Gasteiger partial charge in [0.2, 0.25) is 11.8 Å². The predicted molar refractivity (Wildman–Crippen MR) is 112 cm³/mol. The van der Waals surface area contributed by atoms with Crippen LogP contribution in [0.1, 0.15) is 40.0 Å². The van der Waals surface area contributed by atoms with Gasteiger partial charge in [0.1, 0.15) is 17.6 Å². The Bertz CT molecular complexity index is 815. The van der Waals surface area contributed by atoms with Gasteiger partial charge in [-0.05, 0) is 40.0 Å². The molecule has 0 aliphatic carbocycles. The lowest BCUT2D eigenvalue weighted by atomic mass is 9.77. The minimum absolute atomic E-state index is 0.0154. The maximum absolute atomic E-state index is 13.9. The summed E-state index contributed by atoms with van der Waals surface area (Å²) in [5.41, 5.74) is -1.65. The summed E-state index contributed by atoms with van der Waals surface area (Å²) >= 11 is 0. The molecule has 0 bridgehead atoms. The van der Waals surface area contributed by atoms with Crippen LogP contribution < -0.4 is 0 Å². The fraction of sp³-hybridized carbons (Fsp3) is 0.696. The summed E-state index contributed by atoms with van der Waals surface area (Å²) in [6.07, 6.45) is 8.53. The Morgan fingerprint density at radius 2 is 1.94 bits per heavy atom. The molecule has 8 nitrogen and oxygen atoms in total. The largest absolute Gasteiger partial charge is 0.465 e. The van der Waals surface area contributed by atoms with E-state index in [4.69, 9.17) is 9.47 Å². The molecule has 4 heterocycles. The van der Waals surface area contributed by atoms with Crippen molar-refractivity contribution in [3.05, 3.63) is 24.3 Å². The van der Waals surface area contributed by atoms with Crippen LogP contribution in [0.5, 0.6) is 0 Å². The maximum Gasteiger partial charge on any atom is 0.312 e. The highest BCUT2D eigenvalue weighted by molar-refractivity contribution is 5.99. The third-order valence-corrected chi connectivity index (χ3v) is 6.74. The molecule has 0 saturated carbocycles. The Morgan fingerprint density at radius 3 is 2.65 bits per heavy atom. The van der Waals surface area contributed by atoms with E-state index in [1.54, 1.807) is 9.80 Å². The number of fused-ring (bicyclic) bond motifs is 2. The van der Waals surface area contributed by atoms with Gasteiger partial charge in [0.15, 0.2) is 0 Å². The molecular formula is C23H32N2O6. The van der Waals surface area contributed by atoms with E-state index in [1.807, 2.05) is 45.1 Å². The Kier molecular flexibility index (Phi) is 5.72. The molecule has 4 aliphatic rings. The van der Waals surface area contributed by atoms with Gasteiger partial charge in [-0.3, -0.25) is 14.4 Å². The Morgan fingerprint density at radius 1 is 1.16 bits per heavy atom. The summed E-state index contributed by atoms with van der Waals surface area (Å²) in [4.78, 5) is 43.8. The second-order valence-electron chi connectivity index (χ2n) is 9.71. The topological polar surface area (TPSA) is 96.4 Å². The summed E-state index contributed by atoms with van der Waals surface area (Å²) in [6, 6.07) is -0.851. The Hall–Kier alpha value is -2.19. The van der Waals surface area contributed by atoms with E-state index < -0.39 is 41.1 Å². The van der Waals surface area contributed by atoms with Crippen molar-refractivity contribution in [3.63, 3.8) is 0 Å². The van der Waals surface area contributed by atoms with Gasteiger partial charge in [-0.25, -0.2) is 0 Å². The SMILES string of the molecule is CC(C)(C)N1CC=C[C@]23O[C@H]4C=CCCOC(=O)[C@H]4[C@H]2C(=O)N(CCCCO)C3C1=O. The summed E-state index contributed by atoms with van der Waals surface area (Å²) in [5.74, 6) is -2.47. The molecule has 0 aromatic heterocycles. The van der Waals surface area contributed by atoms with Crippen molar-refractivity contribution < 1.29 is 29.0 Å². The smallest absolute Gasteiger partial charge is 0.312 e. The Labute approximate surface area is 182 Å². The number of carbonyl (C=O) groups is 3. The molecule has 0 aromatic rings. The minimum Gasteiger partial charge on any atom is -0.465 e. The monoisotopic (exact) mass is 432 g/mol. The number of cyclic esters (lactones) is 1. The number of rotatable bonds is 4. The van der Waals surface area contributed by atoms with Crippen LogP contribution in [0.25, 0.3) is 0 Å². The van der Waals surface area contributed by atoms with Gasteiger partial charge in [0.05, 0.1) is 18.6 Å². The average Bonchev–Trinajstić information content (AvgIpc) is 3.05. The van der Waals surface area contributed by atoms with E-state index in [1.165, 1.54) is 0 Å². The number of likely N-dealkylation sites (tertiary alicyclic amines) is 1. The first-order chi connectivity index (χ1) is 14.7. The minimum atomic E-state index is -1.21. The van der Waals surface area contributed by atoms with E-state index in [0.29, 0.717) is 32.4 Å². The van der Waals surface area contributed by atoms with Crippen LogP contribution in [-0.4, -0.2) is 82.3 Å². The van der Waals surface area contributed by atoms with Crippen molar-refractivity contribution in [2.45, 2.75) is 63.3 Å². The molecule has 0 radical (unpaired) electrons. The normalized spacial score (nSPS) is 35.3. The van der Waals surface area contributed by atoms with Crippen molar-refractivity contribution in [2.75, 3.05) is 26.3 Å². The second kappa shape index (κ2) is 8.06. The average molecular weight is 433 g/mol. The third-order valence-electron chi connectivity index (χ3n) is 6.74. The van der Waals surface area contributed by atoms with Crippen LogP contribution in [0.3, 0.4) is 0 Å². The molecule has 1 N–H and O–H groups in total. The molecule has 1 spiro atoms. The quantitative estimate of drug-likeness (QED) is 0.405. The van der Waals surface area contributed by atoms with Gasteiger partial charge >= 0.3 is 5.97 Å². The molecule has 31 heavy (non-hydrogen) atoms. The van der Waals surface area contributed by atoms with Crippen LogP contribution in [0, 0.1) is 11.8 Å². The van der Waals surface area contributed by atoms with Crippen LogP contribution in [-0.2, 0) is 23.9 Å². The van der Waals surface area contributed by atoms with Crippen molar-refractivity contribution in [2.24, 2.45) is 11.8 Å². The van der Waals surface area contributed by atoms with Crippen molar-refractivity contribution in [1.82, 2.24) is 9.80 Å². The highest BCUT2D eigenvalue weighted by atomic mass is 16.6. The standard InChI is InChI=1S/C23H32N2O6/c1-22(2,3)25-12-8-10-23-17(16-15(31-23)9-4-7-14-30-21(16)29)19(27)24(11-5-6-13-26)18(23)20(25)28/h4,8-10,15-18,26H,5-7,11-14H2,1-3H3/t15-,16+,17-,18?,23-/m0/s1. The molecule has 2 fully saturated rings. The van der Waals surface area contributed by atoms with E-state index in [-0.39, 0.29) is 25.0 Å². The molecule has 2 amide bonds.